The highest BCUT2D eigenvalue weighted by atomic mass is 32.2. The third-order valence-electron chi connectivity index (χ3n) is 8.06. The average Bonchev–Trinajstić information content (AvgIpc) is 2.90. The van der Waals surface area contributed by atoms with Crippen molar-refractivity contribution in [2.75, 3.05) is 5.75 Å². The molecule has 6 nitrogen and oxygen atoms in total. The van der Waals surface area contributed by atoms with Crippen LogP contribution in [0.15, 0.2) is 0 Å². The quantitative estimate of drug-likeness (QED) is 0.0552. The summed E-state index contributed by atoms with van der Waals surface area (Å²) < 4.78 is 32.3. The van der Waals surface area contributed by atoms with E-state index in [1.807, 2.05) is 0 Å². The van der Waals surface area contributed by atoms with Crippen molar-refractivity contribution in [1.82, 2.24) is 5.32 Å². The van der Waals surface area contributed by atoms with Crippen molar-refractivity contribution in [3.05, 3.63) is 0 Å². The van der Waals surface area contributed by atoms with Gasteiger partial charge in [0, 0.05) is 6.42 Å². The number of carbonyl (C=O) groups is 1. The number of amides is 1. The summed E-state index contributed by atoms with van der Waals surface area (Å²) >= 11 is 0. The van der Waals surface area contributed by atoms with Crippen LogP contribution in [0.25, 0.3) is 0 Å². The lowest BCUT2D eigenvalue weighted by Crippen LogP contribution is -2.47. The molecule has 40 heavy (non-hydrogen) atoms. The first-order valence-electron chi connectivity index (χ1n) is 17.2. The minimum atomic E-state index is -4.29. The van der Waals surface area contributed by atoms with Gasteiger partial charge < -0.3 is 10.4 Å². The van der Waals surface area contributed by atoms with E-state index in [9.17, 15) is 22.9 Å². The highest BCUT2D eigenvalue weighted by molar-refractivity contribution is 7.85. The molecule has 0 radical (unpaired) electrons. The third kappa shape index (κ3) is 28.9. The van der Waals surface area contributed by atoms with Gasteiger partial charge >= 0.3 is 0 Å². The Balaban J connectivity index is 3.93. The van der Waals surface area contributed by atoms with E-state index in [0.29, 0.717) is 12.8 Å². The maximum Gasteiger partial charge on any atom is 0.266 e. The van der Waals surface area contributed by atoms with E-state index < -0.39 is 28.0 Å². The monoisotopic (exact) mass is 589 g/mol. The number of nitrogens with one attached hydrogen (secondary N) is 1. The second-order valence-corrected chi connectivity index (χ2v) is 13.7. The smallest absolute Gasteiger partial charge is 0.266 e. The minimum Gasteiger partial charge on any atom is -0.391 e. The maximum absolute atomic E-state index is 12.4. The average molecular weight is 590 g/mol. The molecule has 0 aliphatic carbocycles. The summed E-state index contributed by atoms with van der Waals surface area (Å²) in [7, 11) is -4.29. The summed E-state index contributed by atoms with van der Waals surface area (Å²) in [5, 5.41) is 13.3. The summed E-state index contributed by atoms with van der Waals surface area (Å²) in [6, 6.07) is -0.961. The highest BCUT2D eigenvalue weighted by Gasteiger charge is 2.26. The van der Waals surface area contributed by atoms with Crippen LogP contribution in [-0.4, -0.2) is 41.9 Å². The molecule has 0 aromatic rings. The molecule has 1 amide bonds. The summed E-state index contributed by atoms with van der Waals surface area (Å²) in [6.45, 7) is 4.49. The molecule has 7 heteroatoms. The number of hydrogen-bond acceptors (Lipinski definition) is 4. The SMILES string of the molecule is CCCCCCCCCCCCCCCCC(O)C(CS(=O)(=O)O)NC(=O)CCCCCCCCCCCCC. The molecule has 3 N–H and O–H groups in total. The number of rotatable bonds is 31. The van der Waals surface area contributed by atoms with Crippen molar-refractivity contribution in [2.45, 2.75) is 199 Å². The van der Waals surface area contributed by atoms with Crippen LogP contribution in [0.5, 0.6) is 0 Å². The zero-order chi connectivity index (χ0) is 29.7. The van der Waals surface area contributed by atoms with Gasteiger partial charge in [-0.3, -0.25) is 9.35 Å². The van der Waals surface area contributed by atoms with E-state index in [2.05, 4.69) is 19.2 Å². The molecule has 0 heterocycles. The molecule has 0 fully saturated rings. The molecule has 2 unspecified atom stereocenters. The first-order chi connectivity index (χ1) is 19.3. The van der Waals surface area contributed by atoms with E-state index in [-0.39, 0.29) is 5.91 Å². The zero-order valence-corrected chi connectivity index (χ0v) is 27.3. The maximum atomic E-state index is 12.4. The van der Waals surface area contributed by atoms with E-state index in [1.54, 1.807) is 0 Å². The molecular formula is C33H67NO5S. The normalized spacial score (nSPS) is 13.4. The second kappa shape index (κ2) is 28.5. The van der Waals surface area contributed by atoms with Crippen molar-refractivity contribution >= 4 is 16.0 Å². The number of hydrogen-bond donors (Lipinski definition) is 3. The first-order valence-corrected chi connectivity index (χ1v) is 18.8. The number of unbranched alkanes of at least 4 members (excludes halogenated alkanes) is 23. The van der Waals surface area contributed by atoms with Gasteiger partial charge in [-0.2, -0.15) is 8.42 Å². The van der Waals surface area contributed by atoms with Crippen LogP contribution in [0.4, 0.5) is 0 Å². The molecule has 0 aliphatic rings. The van der Waals surface area contributed by atoms with Crippen LogP contribution in [0.3, 0.4) is 0 Å². The topological polar surface area (TPSA) is 104 Å². The largest absolute Gasteiger partial charge is 0.391 e. The Morgan fingerprint density at radius 1 is 0.575 bits per heavy atom. The number of carbonyl (C=O) groups excluding carboxylic acids is 1. The van der Waals surface area contributed by atoms with Crippen LogP contribution < -0.4 is 5.32 Å². The van der Waals surface area contributed by atoms with Gasteiger partial charge in [-0.1, -0.05) is 168 Å². The van der Waals surface area contributed by atoms with Crippen molar-refractivity contribution < 1.29 is 22.9 Å². The molecule has 0 rings (SSSR count). The van der Waals surface area contributed by atoms with Gasteiger partial charge in [0.05, 0.1) is 17.9 Å². The summed E-state index contributed by atoms with van der Waals surface area (Å²) in [5.41, 5.74) is 0. The van der Waals surface area contributed by atoms with Gasteiger partial charge in [-0.25, -0.2) is 0 Å². The Morgan fingerprint density at radius 3 is 1.25 bits per heavy atom. The Labute approximate surface area is 249 Å². The van der Waals surface area contributed by atoms with E-state index in [0.717, 1.165) is 38.5 Å². The van der Waals surface area contributed by atoms with Crippen LogP contribution in [0, 0.1) is 0 Å². The van der Waals surface area contributed by atoms with Crippen LogP contribution >= 0.6 is 0 Å². The Kier molecular flexibility index (Phi) is 28.0. The Hall–Kier alpha value is -0.660. The summed E-state index contributed by atoms with van der Waals surface area (Å²) in [5.74, 6) is -0.888. The van der Waals surface area contributed by atoms with Crippen molar-refractivity contribution in [2.24, 2.45) is 0 Å². The molecule has 0 bridgehead atoms. The van der Waals surface area contributed by atoms with Crippen molar-refractivity contribution in [1.29, 1.82) is 0 Å². The second-order valence-electron chi connectivity index (χ2n) is 12.2. The summed E-state index contributed by atoms with van der Waals surface area (Å²) in [4.78, 5) is 12.4. The van der Waals surface area contributed by atoms with Gasteiger partial charge in [0.15, 0.2) is 0 Å². The highest BCUT2D eigenvalue weighted by Crippen LogP contribution is 2.16. The minimum absolute atomic E-state index is 0.246. The van der Waals surface area contributed by atoms with Gasteiger partial charge in [0.2, 0.25) is 5.91 Å². The molecule has 0 spiro atoms. The molecule has 0 saturated carbocycles. The fraction of sp³-hybridized carbons (Fsp3) is 0.970. The standard InChI is InChI=1S/C33H67NO5S/c1-3-5-7-9-11-13-15-16-17-19-20-22-24-26-28-32(35)31(30-40(37,38)39)34-33(36)29-27-25-23-21-18-14-12-10-8-6-4-2/h31-32,35H,3-30H2,1-2H3,(H,34,36)(H,37,38,39). The van der Waals surface area contributed by atoms with Crippen molar-refractivity contribution in [3.63, 3.8) is 0 Å². The zero-order valence-electron chi connectivity index (χ0n) is 26.5. The molecule has 240 valence electrons. The predicted octanol–water partition coefficient (Wildman–Crippen LogP) is 9.29. The van der Waals surface area contributed by atoms with Gasteiger partial charge in [0.25, 0.3) is 10.1 Å². The van der Waals surface area contributed by atoms with E-state index in [1.165, 1.54) is 122 Å². The molecule has 0 aromatic heterocycles. The molecule has 0 saturated heterocycles. The Morgan fingerprint density at radius 2 is 0.900 bits per heavy atom. The molecule has 2 atom stereocenters. The van der Waals surface area contributed by atoms with Crippen LogP contribution in [0.1, 0.15) is 187 Å². The van der Waals surface area contributed by atoms with Crippen molar-refractivity contribution in [3.8, 4) is 0 Å². The lowest BCUT2D eigenvalue weighted by atomic mass is 10.0. The van der Waals surface area contributed by atoms with E-state index >= 15 is 0 Å². The number of aliphatic hydroxyl groups excluding tert-OH is 1. The molecule has 0 aromatic carbocycles. The summed E-state index contributed by atoms with van der Waals surface area (Å²) in [6.07, 6.45) is 30.4. The number of aliphatic hydroxyl groups is 1. The fourth-order valence-corrected chi connectivity index (χ4v) is 6.21. The third-order valence-corrected chi connectivity index (χ3v) is 8.84. The predicted molar refractivity (Wildman–Crippen MR) is 170 cm³/mol. The fourth-order valence-electron chi connectivity index (χ4n) is 5.45. The van der Waals surface area contributed by atoms with Crippen LogP contribution in [0.2, 0.25) is 0 Å². The lowest BCUT2D eigenvalue weighted by Gasteiger charge is -2.23. The van der Waals surface area contributed by atoms with Gasteiger partial charge in [-0.05, 0) is 12.8 Å². The lowest BCUT2D eigenvalue weighted by molar-refractivity contribution is -0.122. The van der Waals surface area contributed by atoms with Gasteiger partial charge in [-0.15, -0.1) is 0 Å². The first kappa shape index (κ1) is 39.3. The molecular weight excluding hydrogens is 522 g/mol. The van der Waals surface area contributed by atoms with Crippen LogP contribution in [-0.2, 0) is 14.9 Å². The molecule has 0 aliphatic heterocycles. The Bertz CT molecular complexity index is 655. The van der Waals surface area contributed by atoms with E-state index in [4.69, 9.17) is 0 Å². The van der Waals surface area contributed by atoms with Gasteiger partial charge in [0.1, 0.15) is 0 Å².